The molecule has 0 aliphatic rings. The summed E-state index contributed by atoms with van der Waals surface area (Å²) in [7, 11) is 0. The highest BCUT2D eigenvalue weighted by molar-refractivity contribution is 6.34. The summed E-state index contributed by atoms with van der Waals surface area (Å²) in [5.41, 5.74) is 12.5. The largest absolute Gasteiger partial charge is 0.506 e. The molecule has 0 aliphatic heterocycles. The smallest absolute Gasteiger partial charge is 0.140 e. The lowest BCUT2D eigenvalue weighted by molar-refractivity contribution is 0.472. The molecule has 0 radical (unpaired) electrons. The minimum atomic E-state index is -0.566. The Kier molecular flexibility index (Phi) is 3.87. The molecule has 0 spiro atoms. The fourth-order valence-corrected chi connectivity index (χ4v) is 2.52. The molecule has 0 saturated heterocycles. The van der Waals surface area contributed by atoms with E-state index in [4.69, 9.17) is 34.7 Å². The molecule has 0 fully saturated rings. The molecular weight excluding hydrogens is 311 g/mol. The summed E-state index contributed by atoms with van der Waals surface area (Å²) < 4.78 is 0. The van der Waals surface area contributed by atoms with Gasteiger partial charge in [-0.25, -0.2) is 0 Å². The third kappa shape index (κ3) is 2.69. The lowest BCUT2D eigenvalue weighted by Gasteiger charge is -2.27. The van der Waals surface area contributed by atoms with Gasteiger partial charge in [0.05, 0.1) is 21.4 Å². The maximum Gasteiger partial charge on any atom is 0.140 e. The highest BCUT2D eigenvalue weighted by atomic mass is 35.5. The average Bonchev–Trinajstić information content (AvgIpc) is 2.40. The Morgan fingerprint density at radius 3 is 1.43 bits per heavy atom. The highest BCUT2D eigenvalue weighted by Gasteiger charge is 2.26. The first-order valence-electron chi connectivity index (χ1n) is 6.21. The molecule has 0 aromatic heterocycles. The van der Waals surface area contributed by atoms with Crippen LogP contribution in [0, 0.1) is 0 Å². The minimum Gasteiger partial charge on any atom is -0.506 e. The molecule has 2 aromatic rings. The standard InChI is InChI=1S/C15H16Cl2N2O2/c1-15(2,7-3-9(16)13(18)11(20)5-7)8-4-10(17)14(19)12(21)6-8/h3-6,20-21H,18-19H2,1-2H3. The maximum atomic E-state index is 9.84. The van der Waals surface area contributed by atoms with E-state index in [9.17, 15) is 10.2 Å². The van der Waals surface area contributed by atoms with Crippen molar-refractivity contribution in [2.45, 2.75) is 19.3 Å². The van der Waals surface area contributed by atoms with E-state index in [1.54, 1.807) is 24.3 Å². The number of phenols is 2. The van der Waals surface area contributed by atoms with Crippen LogP contribution >= 0.6 is 23.2 Å². The molecule has 0 atom stereocenters. The molecule has 4 nitrogen and oxygen atoms in total. The van der Waals surface area contributed by atoms with E-state index >= 15 is 0 Å². The van der Waals surface area contributed by atoms with Crippen LogP contribution < -0.4 is 11.5 Å². The fourth-order valence-electron chi connectivity index (χ4n) is 2.10. The third-order valence-corrected chi connectivity index (χ3v) is 4.28. The van der Waals surface area contributed by atoms with Crippen LogP contribution in [0.25, 0.3) is 0 Å². The van der Waals surface area contributed by atoms with E-state index in [2.05, 4.69) is 0 Å². The van der Waals surface area contributed by atoms with Crippen molar-refractivity contribution in [1.82, 2.24) is 0 Å². The van der Waals surface area contributed by atoms with E-state index in [1.165, 1.54) is 0 Å². The Morgan fingerprint density at radius 2 is 1.14 bits per heavy atom. The second-order valence-electron chi connectivity index (χ2n) is 5.41. The summed E-state index contributed by atoms with van der Waals surface area (Å²) in [4.78, 5) is 0. The van der Waals surface area contributed by atoms with Gasteiger partial charge >= 0.3 is 0 Å². The van der Waals surface area contributed by atoms with Gasteiger partial charge in [-0.1, -0.05) is 37.0 Å². The number of nitrogens with two attached hydrogens (primary N) is 2. The first kappa shape index (κ1) is 15.6. The second-order valence-corrected chi connectivity index (χ2v) is 6.22. The first-order valence-corrected chi connectivity index (χ1v) is 6.97. The zero-order valence-corrected chi connectivity index (χ0v) is 13.1. The second kappa shape index (κ2) is 5.20. The Labute approximate surface area is 132 Å². The maximum absolute atomic E-state index is 9.84. The van der Waals surface area contributed by atoms with Crippen molar-refractivity contribution in [2.24, 2.45) is 0 Å². The summed E-state index contributed by atoms with van der Waals surface area (Å²) in [5.74, 6) is -0.173. The van der Waals surface area contributed by atoms with Crippen molar-refractivity contribution < 1.29 is 10.2 Å². The van der Waals surface area contributed by atoms with Gasteiger partial charge in [-0.05, 0) is 35.4 Å². The van der Waals surface area contributed by atoms with Gasteiger partial charge in [-0.15, -0.1) is 0 Å². The topological polar surface area (TPSA) is 92.5 Å². The van der Waals surface area contributed by atoms with E-state index in [0.29, 0.717) is 0 Å². The molecule has 6 N–H and O–H groups in total. The van der Waals surface area contributed by atoms with Crippen molar-refractivity contribution >= 4 is 34.6 Å². The lowest BCUT2D eigenvalue weighted by Crippen LogP contribution is -2.19. The van der Waals surface area contributed by atoms with Crippen LogP contribution in [-0.4, -0.2) is 10.2 Å². The Balaban J connectivity index is 2.61. The minimum absolute atomic E-state index is 0.0867. The number of rotatable bonds is 2. The van der Waals surface area contributed by atoms with Crippen molar-refractivity contribution in [1.29, 1.82) is 0 Å². The van der Waals surface area contributed by atoms with Gasteiger partial charge in [0.2, 0.25) is 0 Å². The molecule has 0 amide bonds. The van der Waals surface area contributed by atoms with Crippen LogP contribution in [-0.2, 0) is 5.41 Å². The van der Waals surface area contributed by atoms with Crippen LogP contribution in [0.4, 0.5) is 11.4 Å². The fraction of sp³-hybridized carbons (Fsp3) is 0.200. The molecule has 6 heteroatoms. The van der Waals surface area contributed by atoms with Crippen LogP contribution in [0.1, 0.15) is 25.0 Å². The summed E-state index contributed by atoms with van der Waals surface area (Å²) in [6, 6.07) is 6.45. The van der Waals surface area contributed by atoms with Gasteiger partial charge in [-0.2, -0.15) is 0 Å². The van der Waals surface area contributed by atoms with E-state index in [0.717, 1.165) is 11.1 Å². The normalized spacial score (nSPS) is 11.6. The van der Waals surface area contributed by atoms with Crippen LogP contribution in [0.5, 0.6) is 11.5 Å². The zero-order chi connectivity index (χ0) is 15.9. The number of phenolic OH excluding ortho intramolecular Hbond substituents is 2. The number of nitrogen functional groups attached to an aromatic ring is 2. The van der Waals surface area contributed by atoms with Crippen molar-refractivity contribution in [2.75, 3.05) is 11.5 Å². The van der Waals surface area contributed by atoms with Gasteiger partial charge in [0, 0.05) is 5.41 Å². The summed E-state index contributed by atoms with van der Waals surface area (Å²) >= 11 is 12.0. The molecule has 21 heavy (non-hydrogen) atoms. The molecule has 2 aromatic carbocycles. The summed E-state index contributed by atoms with van der Waals surface area (Å²) in [6.07, 6.45) is 0. The number of aromatic hydroxyl groups is 2. The zero-order valence-electron chi connectivity index (χ0n) is 11.6. The summed E-state index contributed by atoms with van der Waals surface area (Å²) in [5, 5.41) is 20.2. The number of anilines is 2. The highest BCUT2D eigenvalue weighted by Crippen LogP contribution is 2.41. The third-order valence-electron chi connectivity index (χ3n) is 3.66. The van der Waals surface area contributed by atoms with E-state index < -0.39 is 5.41 Å². The molecular formula is C15H16Cl2N2O2. The van der Waals surface area contributed by atoms with Crippen molar-refractivity contribution in [3.8, 4) is 11.5 Å². The van der Waals surface area contributed by atoms with E-state index in [1.807, 2.05) is 13.8 Å². The summed E-state index contributed by atoms with van der Waals surface area (Å²) in [6.45, 7) is 3.82. The molecule has 2 rings (SSSR count). The Morgan fingerprint density at radius 1 is 0.810 bits per heavy atom. The molecule has 112 valence electrons. The van der Waals surface area contributed by atoms with Gasteiger partial charge in [-0.3, -0.25) is 0 Å². The predicted octanol–water partition coefficient (Wildman–Crippen LogP) is 3.89. The molecule has 0 unspecified atom stereocenters. The van der Waals surface area contributed by atoms with Gasteiger partial charge in [0.15, 0.2) is 0 Å². The quantitative estimate of drug-likeness (QED) is 0.497. The average molecular weight is 327 g/mol. The Hall–Kier alpha value is -1.78. The lowest BCUT2D eigenvalue weighted by atomic mass is 9.78. The van der Waals surface area contributed by atoms with E-state index in [-0.39, 0.29) is 32.9 Å². The van der Waals surface area contributed by atoms with Gasteiger partial charge < -0.3 is 21.7 Å². The molecule has 0 heterocycles. The monoisotopic (exact) mass is 326 g/mol. The van der Waals surface area contributed by atoms with Crippen LogP contribution in [0.3, 0.4) is 0 Å². The first-order chi connectivity index (χ1) is 9.64. The van der Waals surface area contributed by atoms with Gasteiger partial charge in [0.25, 0.3) is 0 Å². The van der Waals surface area contributed by atoms with Crippen molar-refractivity contribution in [3.63, 3.8) is 0 Å². The predicted molar refractivity (Wildman–Crippen MR) is 87.2 cm³/mol. The SMILES string of the molecule is CC(C)(c1cc(O)c(N)c(Cl)c1)c1cc(O)c(N)c(Cl)c1. The van der Waals surface area contributed by atoms with Gasteiger partial charge in [0.1, 0.15) is 11.5 Å². The van der Waals surface area contributed by atoms with Crippen LogP contribution in [0.15, 0.2) is 24.3 Å². The number of benzene rings is 2. The number of halogens is 2. The van der Waals surface area contributed by atoms with Crippen LogP contribution in [0.2, 0.25) is 10.0 Å². The van der Waals surface area contributed by atoms with Crippen molar-refractivity contribution in [3.05, 3.63) is 45.4 Å². The Bertz CT molecular complexity index is 609. The molecule has 0 aliphatic carbocycles. The number of hydrogen-bond acceptors (Lipinski definition) is 4. The number of hydrogen-bond donors (Lipinski definition) is 4. The molecule has 0 saturated carbocycles. The molecule has 0 bridgehead atoms.